The van der Waals surface area contributed by atoms with Gasteiger partial charge >= 0.3 is 0 Å². The second-order valence-corrected chi connectivity index (χ2v) is 5.42. The standard InChI is InChI=1S/C13H22N4O/c1-8-5-4-6-11(9(8)2)16-13(18)12-10(14)7-15-17(12)3/h7-9,11H,4-6,14H2,1-3H3,(H,16,18). The van der Waals surface area contributed by atoms with Gasteiger partial charge in [-0.15, -0.1) is 0 Å². The zero-order chi connectivity index (χ0) is 13.3. The molecule has 1 fully saturated rings. The second kappa shape index (κ2) is 5.00. The number of hydrogen-bond acceptors (Lipinski definition) is 3. The van der Waals surface area contributed by atoms with Crippen molar-refractivity contribution in [2.75, 3.05) is 5.73 Å². The van der Waals surface area contributed by atoms with E-state index in [4.69, 9.17) is 5.73 Å². The van der Waals surface area contributed by atoms with Crippen molar-refractivity contribution in [2.24, 2.45) is 18.9 Å². The molecule has 3 atom stereocenters. The predicted molar refractivity (Wildman–Crippen MR) is 71.1 cm³/mol. The Morgan fingerprint density at radius 3 is 2.83 bits per heavy atom. The molecule has 5 nitrogen and oxygen atoms in total. The number of rotatable bonds is 2. The third-order valence-corrected chi connectivity index (χ3v) is 4.21. The molecule has 3 unspecified atom stereocenters. The normalized spacial score (nSPS) is 28.1. The van der Waals surface area contributed by atoms with Crippen LogP contribution in [0.4, 0.5) is 5.69 Å². The quantitative estimate of drug-likeness (QED) is 0.836. The molecular formula is C13H22N4O. The Hall–Kier alpha value is -1.52. The van der Waals surface area contributed by atoms with Gasteiger partial charge in [-0.05, 0) is 18.3 Å². The smallest absolute Gasteiger partial charge is 0.271 e. The van der Waals surface area contributed by atoms with Crippen LogP contribution >= 0.6 is 0 Å². The molecule has 5 heteroatoms. The largest absolute Gasteiger partial charge is 0.396 e. The first-order valence-electron chi connectivity index (χ1n) is 6.59. The summed E-state index contributed by atoms with van der Waals surface area (Å²) >= 11 is 0. The summed E-state index contributed by atoms with van der Waals surface area (Å²) in [5, 5.41) is 7.10. The third-order valence-electron chi connectivity index (χ3n) is 4.21. The maximum atomic E-state index is 12.2. The zero-order valence-corrected chi connectivity index (χ0v) is 11.3. The maximum absolute atomic E-state index is 12.2. The first-order chi connectivity index (χ1) is 8.50. The SMILES string of the molecule is CC1CCCC(NC(=O)c2c(N)cnn2C)C1C. The Balaban J connectivity index is 2.08. The number of aromatic nitrogens is 2. The lowest BCUT2D eigenvalue weighted by atomic mass is 9.78. The van der Waals surface area contributed by atoms with Crippen LogP contribution in [0.3, 0.4) is 0 Å². The van der Waals surface area contributed by atoms with Gasteiger partial charge in [0.25, 0.3) is 5.91 Å². The Kier molecular flexibility index (Phi) is 3.59. The molecule has 0 spiro atoms. The van der Waals surface area contributed by atoms with E-state index < -0.39 is 0 Å². The first-order valence-corrected chi connectivity index (χ1v) is 6.59. The summed E-state index contributed by atoms with van der Waals surface area (Å²) in [5.41, 5.74) is 6.66. The first kappa shape index (κ1) is 12.9. The monoisotopic (exact) mass is 250 g/mol. The number of carbonyl (C=O) groups excluding carboxylic acids is 1. The summed E-state index contributed by atoms with van der Waals surface area (Å²) in [4.78, 5) is 12.2. The lowest BCUT2D eigenvalue weighted by Crippen LogP contribution is -2.44. The van der Waals surface area contributed by atoms with Crippen molar-refractivity contribution in [3.8, 4) is 0 Å². The van der Waals surface area contributed by atoms with Crippen molar-refractivity contribution in [3.05, 3.63) is 11.9 Å². The van der Waals surface area contributed by atoms with E-state index in [1.807, 2.05) is 0 Å². The minimum absolute atomic E-state index is 0.113. The summed E-state index contributed by atoms with van der Waals surface area (Å²) in [5.74, 6) is 1.06. The van der Waals surface area contributed by atoms with Crippen LogP contribution in [0.25, 0.3) is 0 Å². The molecule has 18 heavy (non-hydrogen) atoms. The molecule has 3 N–H and O–H groups in total. The van der Waals surface area contributed by atoms with E-state index in [9.17, 15) is 4.79 Å². The van der Waals surface area contributed by atoms with Gasteiger partial charge in [-0.25, -0.2) is 0 Å². The van der Waals surface area contributed by atoms with Crippen LogP contribution in [-0.4, -0.2) is 21.7 Å². The molecule has 0 aliphatic heterocycles. The van der Waals surface area contributed by atoms with Crippen LogP contribution in [0.15, 0.2) is 6.20 Å². The average Bonchev–Trinajstić information content (AvgIpc) is 2.65. The number of hydrogen-bond donors (Lipinski definition) is 2. The topological polar surface area (TPSA) is 72.9 Å². The van der Waals surface area contributed by atoms with Gasteiger partial charge in [-0.2, -0.15) is 5.10 Å². The van der Waals surface area contributed by atoms with Crippen LogP contribution in [0.5, 0.6) is 0 Å². The lowest BCUT2D eigenvalue weighted by molar-refractivity contribution is 0.0882. The van der Waals surface area contributed by atoms with E-state index in [1.165, 1.54) is 23.7 Å². The van der Waals surface area contributed by atoms with E-state index >= 15 is 0 Å². The van der Waals surface area contributed by atoms with Gasteiger partial charge < -0.3 is 11.1 Å². The summed E-state index contributed by atoms with van der Waals surface area (Å²) in [6, 6.07) is 0.246. The number of amides is 1. The summed E-state index contributed by atoms with van der Waals surface area (Å²) in [7, 11) is 1.73. The minimum Gasteiger partial charge on any atom is -0.396 e. The number of carbonyl (C=O) groups is 1. The molecule has 0 saturated heterocycles. The number of nitrogens with zero attached hydrogens (tertiary/aromatic N) is 2. The summed E-state index contributed by atoms with van der Waals surface area (Å²) in [6.07, 6.45) is 5.00. The summed E-state index contributed by atoms with van der Waals surface area (Å²) in [6.45, 7) is 4.46. The minimum atomic E-state index is -0.113. The fraction of sp³-hybridized carbons (Fsp3) is 0.692. The van der Waals surface area contributed by atoms with Crippen LogP contribution in [0.1, 0.15) is 43.6 Å². The lowest BCUT2D eigenvalue weighted by Gasteiger charge is -2.34. The number of nitrogen functional groups attached to an aromatic ring is 1. The van der Waals surface area contributed by atoms with Crippen LogP contribution in [0.2, 0.25) is 0 Å². The Morgan fingerprint density at radius 1 is 1.50 bits per heavy atom. The van der Waals surface area contributed by atoms with Gasteiger partial charge in [-0.3, -0.25) is 9.48 Å². The number of nitrogens with one attached hydrogen (secondary N) is 1. The number of aryl methyl sites for hydroxylation is 1. The zero-order valence-electron chi connectivity index (χ0n) is 11.3. The molecule has 1 saturated carbocycles. The second-order valence-electron chi connectivity index (χ2n) is 5.42. The van der Waals surface area contributed by atoms with Crippen molar-refractivity contribution in [1.29, 1.82) is 0 Å². The van der Waals surface area contributed by atoms with Crippen molar-refractivity contribution >= 4 is 11.6 Å². The van der Waals surface area contributed by atoms with Crippen molar-refractivity contribution in [1.82, 2.24) is 15.1 Å². The van der Waals surface area contributed by atoms with Crippen LogP contribution < -0.4 is 11.1 Å². The maximum Gasteiger partial charge on any atom is 0.271 e. The van der Waals surface area contributed by atoms with Gasteiger partial charge in [0.15, 0.2) is 0 Å². The van der Waals surface area contributed by atoms with E-state index in [0.29, 0.717) is 23.2 Å². The molecular weight excluding hydrogens is 228 g/mol. The highest BCUT2D eigenvalue weighted by Gasteiger charge is 2.29. The van der Waals surface area contributed by atoms with Gasteiger partial charge in [0.2, 0.25) is 0 Å². The highest BCUT2D eigenvalue weighted by molar-refractivity contribution is 5.97. The van der Waals surface area contributed by atoms with E-state index in [-0.39, 0.29) is 11.9 Å². The molecule has 1 heterocycles. The Labute approximate surface area is 108 Å². The van der Waals surface area contributed by atoms with E-state index in [2.05, 4.69) is 24.3 Å². The van der Waals surface area contributed by atoms with Gasteiger partial charge in [-0.1, -0.05) is 26.7 Å². The molecule has 1 aromatic rings. The third kappa shape index (κ3) is 2.35. The fourth-order valence-electron chi connectivity index (χ4n) is 2.76. The van der Waals surface area contributed by atoms with Gasteiger partial charge in [0.1, 0.15) is 5.69 Å². The van der Waals surface area contributed by atoms with E-state index in [1.54, 1.807) is 7.05 Å². The molecule has 1 amide bonds. The molecule has 100 valence electrons. The average molecular weight is 250 g/mol. The van der Waals surface area contributed by atoms with Crippen LogP contribution in [-0.2, 0) is 7.05 Å². The molecule has 2 rings (SSSR count). The van der Waals surface area contributed by atoms with Crippen molar-refractivity contribution in [2.45, 2.75) is 39.2 Å². The number of nitrogens with two attached hydrogens (primary N) is 1. The fourth-order valence-corrected chi connectivity index (χ4v) is 2.76. The van der Waals surface area contributed by atoms with Gasteiger partial charge in [0.05, 0.1) is 11.9 Å². The Morgan fingerprint density at radius 2 is 2.22 bits per heavy atom. The molecule has 1 aromatic heterocycles. The summed E-state index contributed by atoms with van der Waals surface area (Å²) < 4.78 is 1.53. The van der Waals surface area contributed by atoms with Gasteiger partial charge in [0, 0.05) is 13.1 Å². The molecule has 0 aromatic carbocycles. The van der Waals surface area contributed by atoms with E-state index in [0.717, 1.165) is 6.42 Å². The molecule has 0 radical (unpaired) electrons. The number of anilines is 1. The van der Waals surface area contributed by atoms with Crippen molar-refractivity contribution < 1.29 is 4.79 Å². The Bertz CT molecular complexity index is 421. The molecule has 1 aliphatic rings. The highest BCUT2D eigenvalue weighted by atomic mass is 16.2. The molecule has 1 aliphatic carbocycles. The van der Waals surface area contributed by atoms with Crippen LogP contribution in [0, 0.1) is 11.8 Å². The molecule has 0 bridgehead atoms. The van der Waals surface area contributed by atoms with Crippen molar-refractivity contribution in [3.63, 3.8) is 0 Å². The highest BCUT2D eigenvalue weighted by Crippen LogP contribution is 2.29. The predicted octanol–water partition coefficient (Wildman–Crippen LogP) is 1.56.